The summed E-state index contributed by atoms with van der Waals surface area (Å²) in [7, 11) is 1.80. The van der Waals surface area contributed by atoms with Gasteiger partial charge in [-0.2, -0.15) is 0 Å². The van der Waals surface area contributed by atoms with Crippen molar-refractivity contribution in [1.29, 1.82) is 0 Å². The first kappa shape index (κ1) is 20.7. The van der Waals surface area contributed by atoms with Crippen molar-refractivity contribution in [1.82, 2.24) is 19.6 Å². The van der Waals surface area contributed by atoms with Gasteiger partial charge in [0.25, 0.3) is 5.56 Å². The monoisotopic (exact) mass is 435 g/mol. The van der Waals surface area contributed by atoms with Gasteiger partial charge in [0.2, 0.25) is 5.91 Å². The summed E-state index contributed by atoms with van der Waals surface area (Å²) >= 11 is 4.69. The van der Waals surface area contributed by atoms with Crippen LogP contribution in [-0.2, 0) is 11.8 Å². The Morgan fingerprint density at radius 1 is 1.18 bits per heavy atom. The number of thioether (sulfide) groups is 2. The standard InChI is InChI=1S/C18H21N5O2S3/c1-4-26-17-20-21-18(28-17)27-11-10-14(24)19-15-12(2)22(3)23(16(15)25)13-8-6-5-7-9-13/h5-9H,4,10-11H2,1-3H3,(H,19,24). The molecule has 3 rings (SSSR count). The van der Waals surface area contributed by atoms with E-state index in [1.54, 1.807) is 28.2 Å². The first-order chi connectivity index (χ1) is 13.5. The van der Waals surface area contributed by atoms with Crippen LogP contribution >= 0.6 is 34.9 Å². The average molecular weight is 436 g/mol. The van der Waals surface area contributed by atoms with Gasteiger partial charge < -0.3 is 5.32 Å². The lowest BCUT2D eigenvalue weighted by Crippen LogP contribution is -2.23. The first-order valence-corrected chi connectivity index (χ1v) is 11.5. The molecule has 0 atom stereocenters. The van der Waals surface area contributed by atoms with Gasteiger partial charge in [-0.05, 0) is 24.8 Å². The van der Waals surface area contributed by atoms with Crippen LogP contribution < -0.4 is 10.9 Å². The molecule has 0 aliphatic carbocycles. The molecule has 0 radical (unpaired) electrons. The maximum Gasteiger partial charge on any atom is 0.295 e. The highest BCUT2D eigenvalue weighted by atomic mass is 32.2. The number of nitrogens with one attached hydrogen (secondary N) is 1. The van der Waals surface area contributed by atoms with Gasteiger partial charge in [0.1, 0.15) is 5.69 Å². The molecule has 10 heteroatoms. The summed E-state index contributed by atoms with van der Waals surface area (Å²) in [5, 5.41) is 11.0. The summed E-state index contributed by atoms with van der Waals surface area (Å²) in [6.07, 6.45) is 0.291. The van der Waals surface area contributed by atoms with Crippen LogP contribution in [0.1, 0.15) is 19.0 Å². The minimum atomic E-state index is -0.238. The fourth-order valence-corrected chi connectivity index (χ4v) is 5.51. The minimum absolute atomic E-state index is 0.189. The zero-order valence-corrected chi connectivity index (χ0v) is 18.3. The van der Waals surface area contributed by atoms with E-state index in [0.29, 0.717) is 23.6 Å². The third-order valence-electron chi connectivity index (χ3n) is 4.03. The number of anilines is 1. The van der Waals surface area contributed by atoms with E-state index in [0.717, 1.165) is 20.1 Å². The van der Waals surface area contributed by atoms with Gasteiger partial charge >= 0.3 is 0 Å². The molecular weight excluding hydrogens is 414 g/mol. The largest absolute Gasteiger partial charge is 0.320 e. The molecule has 0 unspecified atom stereocenters. The molecule has 0 aliphatic heterocycles. The Morgan fingerprint density at radius 3 is 2.54 bits per heavy atom. The van der Waals surface area contributed by atoms with Gasteiger partial charge in [-0.3, -0.25) is 14.3 Å². The second kappa shape index (κ2) is 9.44. The van der Waals surface area contributed by atoms with Gasteiger partial charge in [-0.25, -0.2) is 4.68 Å². The van der Waals surface area contributed by atoms with Crippen molar-refractivity contribution in [2.75, 3.05) is 16.8 Å². The number of aromatic nitrogens is 4. The molecule has 2 aromatic heterocycles. The van der Waals surface area contributed by atoms with E-state index >= 15 is 0 Å². The minimum Gasteiger partial charge on any atom is -0.320 e. The molecule has 0 saturated heterocycles. The smallest absolute Gasteiger partial charge is 0.295 e. The summed E-state index contributed by atoms with van der Waals surface area (Å²) in [6, 6.07) is 9.36. The SMILES string of the molecule is CCSc1nnc(SCCC(=O)Nc2c(C)n(C)n(-c3ccccc3)c2=O)s1. The summed E-state index contributed by atoms with van der Waals surface area (Å²) in [5.41, 5.74) is 1.54. The lowest BCUT2D eigenvalue weighted by Gasteiger charge is -2.07. The van der Waals surface area contributed by atoms with Gasteiger partial charge in [0, 0.05) is 19.2 Å². The quantitative estimate of drug-likeness (QED) is 0.545. The average Bonchev–Trinajstić information content (AvgIpc) is 3.21. The third kappa shape index (κ3) is 4.68. The summed E-state index contributed by atoms with van der Waals surface area (Å²) in [4.78, 5) is 25.2. The van der Waals surface area contributed by atoms with Crippen LogP contribution in [0.4, 0.5) is 5.69 Å². The molecule has 0 saturated carbocycles. The Labute approximate surface area is 175 Å². The lowest BCUT2D eigenvalue weighted by molar-refractivity contribution is -0.115. The number of benzene rings is 1. The highest BCUT2D eigenvalue weighted by Gasteiger charge is 2.18. The van der Waals surface area contributed by atoms with E-state index in [1.165, 1.54) is 23.1 Å². The van der Waals surface area contributed by atoms with Crippen LogP contribution in [0, 0.1) is 6.92 Å². The maximum atomic E-state index is 12.8. The third-order valence-corrected chi connectivity index (χ3v) is 7.10. The van der Waals surface area contributed by atoms with Crippen LogP contribution in [0.2, 0.25) is 0 Å². The van der Waals surface area contributed by atoms with Crippen LogP contribution in [0.15, 0.2) is 43.8 Å². The van der Waals surface area contributed by atoms with Crippen molar-refractivity contribution in [3.63, 3.8) is 0 Å². The number of rotatable bonds is 8. The molecule has 1 amide bonds. The van der Waals surface area contributed by atoms with Crippen molar-refractivity contribution in [3.8, 4) is 5.69 Å². The van der Waals surface area contributed by atoms with Gasteiger partial charge in [0.15, 0.2) is 8.68 Å². The van der Waals surface area contributed by atoms with E-state index in [9.17, 15) is 9.59 Å². The van der Waals surface area contributed by atoms with Gasteiger partial charge in [-0.1, -0.05) is 60.0 Å². The molecule has 7 nitrogen and oxygen atoms in total. The number of hydrogen-bond donors (Lipinski definition) is 1. The summed E-state index contributed by atoms with van der Waals surface area (Å²) in [6.45, 7) is 3.89. The lowest BCUT2D eigenvalue weighted by atomic mass is 10.3. The van der Waals surface area contributed by atoms with Crippen LogP contribution in [-0.4, -0.2) is 37.0 Å². The molecule has 1 N–H and O–H groups in total. The van der Waals surface area contributed by atoms with Crippen LogP contribution in [0.3, 0.4) is 0 Å². The highest BCUT2D eigenvalue weighted by Crippen LogP contribution is 2.28. The topological polar surface area (TPSA) is 81.8 Å². The Morgan fingerprint density at radius 2 is 1.86 bits per heavy atom. The molecule has 0 aliphatic rings. The molecule has 0 spiro atoms. The number of amides is 1. The number of para-hydroxylation sites is 1. The molecular formula is C18H21N5O2S3. The Balaban J connectivity index is 1.63. The second-order valence-corrected chi connectivity index (χ2v) is 9.68. The predicted octanol–water partition coefficient (Wildman–Crippen LogP) is 3.57. The van der Waals surface area contributed by atoms with Crippen LogP contribution in [0.5, 0.6) is 0 Å². The van der Waals surface area contributed by atoms with E-state index in [1.807, 2.05) is 37.3 Å². The molecule has 1 aromatic carbocycles. The predicted molar refractivity (Wildman–Crippen MR) is 116 cm³/mol. The first-order valence-electron chi connectivity index (χ1n) is 8.74. The van der Waals surface area contributed by atoms with Crippen molar-refractivity contribution in [3.05, 3.63) is 46.4 Å². The summed E-state index contributed by atoms with van der Waals surface area (Å²) < 4.78 is 5.09. The fourth-order valence-electron chi connectivity index (χ4n) is 2.58. The zero-order chi connectivity index (χ0) is 20.1. The van der Waals surface area contributed by atoms with Gasteiger partial charge in [-0.15, -0.1) is 10.2 Å². The van der Waals surface area contributed by atoms with E-state index < -0.39 is 0 Å². The Kier molecular flexibility index (Phi) is 6.97. The number of carbonyl (C=O) groups excluding carboxylic acids is 1. The molecule has 2 heterocycles. The van der Waals surface area contributed by atoms with E-state index in [4.69, 9.17) is 0 Å². The maximum absolute atomic E-state index is 12.8. The summed E-state index contributed by atoms with van der Waals surface area (Å²) in [5.74, 6) is 1.35. The highest BCUT2D eigenvalue weighted by molar-refractivity contribution is 8.03. The molecule has 3 aromatic rings. The second-order valence-electron chi connectivity index (χ2n) is 5.85. The van der Waals surface area contributed by atoms with E-state index in [-0.39, 0.29) is 11.5 Å². The number of hydrogen-bond acceptors (Lipinski definition) is 7. The number of nitrogens with zero attached hydrogens (tertiary/aromatic N) is 4. The molecule has 28 heavy (non-hydrogen) atoms. The fraction of sp³-hybridized carbons (Fsp3) is 0.333. The van der Waals surface area contributed by atoms with Crippen molar-refractivity contribution in [2.45, 2.75) is 28.9 Å². The van der Waals surface area contributed by atoms with Crippen molar-refractivity contribution >= 4 is 46.5 Å². The van der Waals surface area contributed by atoms with Gasteiger partial charge in [0.05, 0.1) is 11.4 Å². The Hall–Kier alpha value is -2.04. The Bertz CT molecular complexity index is 1010. The molecule has 148 valence electrons. The van der Waals surface area contributed by atoms with Crippen molar-refractivity contribution in [2.24, 2.45) is 7.05 Å². The molecule has 0 bridgehead atoms. The van der Waals surface area contributed by atoms with E-state index in [2.05, 4.69) is 22.4 Å². The number of carbonyl (C=O) groups is 1. The van der Waals surface area contributed by atoms with Crippen LogP contribution in [0.25, 0.3) is 5.69 Å². The molecule has 0 fully saturated rings. The van der Waals surface area contributed by atoms with Crippen molar-refractivity contribution < 1.29 is 4.79 Å². The normalized spacial score (nSPS) is 11.0. The zero-order valence-electron chi connectivity index (χ0n) is 15.8.